The van der Waals surface area contributed by atoms with E-state index in [2.05, 4.69) is 31.3 Å². The van der Waals surface area contributed by atoms with E-state index in [9.17, 15) is 14.4 Å². The molecule has 2 aromatic heterocycles. The number of thioether (sulfide) groups is 1. The average Bonchev–Trinajstić information content (AvgIpc) is 3.44. The van der Waals surface area contributed by atoms with E-state index >= 15 is 0 Å². The predicted molar refractivity (Wildman–Crippen MR) is 140 cm³/mol. The highest BCUT2D eigenvalue weighted by molar-refractivity contribution is 8.01. The van der Waals surface area contributed by atoms with Gasteiger partial charge in [0, 0.05) is 23.9 Å². The van der Waals surface area contributed by atoms with E-state index < -0.39 is 5.91 Å². The van der Waals surface area contributed by atoms with Crippen LogP contribution in [0, 0.1) is 6.92 Å². The number of amides is 3. The van der Waals surface area contributed by atoms with Crippen molar-refractivity contribution in [2.75, 3.05) is 21.7 Å². The lowest BCUT2D eigenvalue weighted by Crippen LogP contribution is -2.14. The molecule has 2 aromatic carbocycles. The number of rotatable bonds is 8. The van der Waals surface area contributed by atoms with Gasteiger partial charge in [-0.1, -0.05) is 64.1 Å². The lowest BCUT2D eigenvalue weighted by atomic mass is 10.1. The molecule has 0 atom stereocenters. The molecular formula is C23H19ClN6O4S2. The molecule has 3 N–H and O–H groups in total. The Morgan fingerprint density at radius 3 is 2.53 bits per heavy atom. The van der Waals surface area contributed by atoms with Gasteiger partial charge >= 0.3 is 0 Å². The van der Waals surface area contributed by atoms with Gasteiger partial charge in [-0.3, -0.25) is 19.7 Å². The highest BCUT2D eigenvalue weighted by atomic mass is 35.5. The third-order valence-electron chi connectivity index (χ3n) is 4.64. The summed E-state index contributed by atoms with van der Waals surface area (Å²) in [6, 6.07) is 13.8. The van der Waals surface area contributed by atoms with E-state index in [1.807, 2.05) is 0 Å². The van der Waals surface area contributed by atoms with E-state index in [4.69, 9.17) is 16.1 Å². The lowest BCUT2D eigenvalue weighted by Gasteiger charge is -2.07. The number of nitrogens with one attached hydrogen (secondary N) is 3. The van der Waals surface area contributed by atoms with Crippen LogP contribution in [-0.2, 0) is 9.59 Å². The molecule has 13 heteroatoms. The molecule has 0 spiro atoms. The number of carbonyl (C=O) groups excluding carboxylic acids is 3. The Bertz CT molecular complexity index is 1440. The molecule has 2 heterocycles. The van der Waals surface area contributed by atoms with Crippen LogP contribution in [0.15, 0.2) is 57.4 Å². The Balaban J connectivity index is 1.36. The van der Waals surface area contributed by atoms with Crippen LogP contribution >= 0.6 is 34.7 Å². The van der Waals surface area contributed by atoms with Crippen molar-refractivity contribution >= 4 is 68.9 Å². The number of aromatic nitrogens is 3. The Hall–Kier alpha value is -3.74. The number of hydrogen-bond acceptors (Lipinski definition) is 9. The first-order valence-electron chi connectivity index (χ1n) is 10.5. The normalized spacial score (nSPS) is 10.6. The van der Waals surface area contributed by atoms with Crippen LogP contribution in [0.25, 0.3) is 11.3 Å². The van der Waals surface area contributed by atoms with Gasteiger partial charge in [0.25, 0.3) is 5.91 Å². The van der Waals surface area contributed by atoms with Crippen molar-refractivity contribution in [3.63, 3.8) is 0 Å². The number of halogens is 1. The predicted octanol–water partition coefficient (Wildman–Crippen LogP) is 5.10. The van der Waals surface area contributed by atoms with Gasteiger partial charge < -0.3 is 15.2 Å². The van der Waals surface area contributed by atoms with Crippen molar-refractivity contribution in [3.05, 3.63) is 64.9 Å². The minimum atomic E-state index is -0.465. The van der Waals surface area contributed by atoms with Crippen LogP contribution in [0.1, 0.15) is 23.0 Å². The molecule has 4 aromatic rings. The monoisotopic (exact) mass is 542 g/mol. The fourth-order valence-electron chi connectivity index (χ4n) is 3.16. The molecule has 0 saturated carbocycles. The summed E-state index contributed by atoms with van der Waals surface area (Å²) in [5.41, 5.74) is 2.28. The van der Waals surface area contributed by atoms with Crippen molar-refractivity contribution < 1.29 is 18.9 Å². The first-order chi connectivity index (χ1) is 17.3. The number of anilines is 3. The third kappa shape index (κ3) is 6.27. The molecule has 3 amide bonds. The number of nitrogens with zero attached hydrogens (tertiary/aromatic N) is 3. The Morgan fingerprint density at radius 1 is 1.03 bits per heavy atom. The molecule has 4 rings (SSSR count). The highest BCUT2D eigenvalue weighted by Crippen LogP contribution is 2.32. The maximum Gasteiger partial charge on any atom is 0.263 e. The summed E-state index contributed by atoms with van der Waals surface area (Å²) < 4.78 is 5.74. The molecule has 0 aliphatic heterocycles. The first kappa shape index (κ1) is 25.4. The molecule has 0 fully saturated rings. The van der Waals surface area contributed by atoms with Gasteiger partial charge in [0.05, 0.1) is 10.8 Å². The average molecular weight is 543 g/mol. The largest absolute Gasteiger partial charge is 0.360 e. The van der Waals surface area contributed by atoms with Crippen molar-refractivity contribution in [2.24, 2.45) is 0 Å². The molecule has 0 radical (unpaired) electrons. The van der Waals surface area contributed by atoms with Crippen LogP contribution < -0.4 is 16.0 Å². The van der Waals surface area contributed by atoms with Crippen LogP contribution in [0.5, 0.6) is 0 Å². The number of benzene rings is 2. The lowest BCUT2D eigenvalue weighted by molar-refractivity contribution is -0.114. The minimum Gasteiger partial charge on any atom is -0.360 e. The molecule has 0 unspecified atom stereocenters. The van der Waals surface area contributed by atoms with E-state index in [0.717, 1.165) is 11.3 Å². The van der Waals surface area contributed by atoms with Crippen LogP contribution in [0.3, 0.4) is 0 Å². The van der Waals surface area contributed by atoms with Crippen molar-refractivity contribution in [1.29, 1.82) is 0 Å². The molecule has 0 bridgehead atoms. The second-order valence-electron chi connectivity index (χ2n) is 7.37. The first-order valence-corrected chi connectivity index (χ1v) is 12.6. The second kappa shape index (κ2) is 11.3. The maximum absolute atomic E-state index is 13.0. The standard InChI is InChI=1S/C23H19ClN6O4S2/c1-12-19(20(30-34-12)16-8-3-4-9-17(16)24)21(33)27-22-28-29-23(36-22)35-11-18(32)26-15-7-5-6-14(10-15)25-13(2)31/h3-10H,11H2,1-2H3,(H,25,31)(H,26,32)(H,27,28,33). The number of carbonyl (C=O) groups is 3. The zero-order valence-corrected chi connectivity index (χ0v) is 21.4. The Labute approximate surface area is 218 Å². The summed E-state index contributed by atoms with van der Waals surface area (Å²) in [5, 5.41) is 20.8. The van der Waals surface area contributed by atoms with E-state index in [-0.39, 0.29) is 28.3 Å². The van der Waals surface area contributed by atoms with Crippen molar-refractivity contribution in [3.8, 4) is 11.3 Å². The van der Waals surface area contributed by atoms with E-state index in [1.165, 1.54) is 18.7 Å². The maximum atomic E-state index is 13.0. The van der Waals surface area contributed by atoms with E-state index in [1.54, 1.807) is 55.5 Å². The van der Waals surface area contributed by atoms with Gasteiger partial charge in [-0.25, -0.2) is 0 Å². The highest BCUT2D eigenvalue weighted by Gasteiger charge is 2.24. The van der Waals surface area contributed by atoms with E-state index in [0.29, 0.717) is 37.8 Å². The zero-order valence-electron chi connectivity index (χ0n) is 19.0. The van der Waals surface area contributed by atoms with Gasteiger partial charge in [0.1, 0.15) is 17.0 Å². The van der Waals surface area contributed by atoms with Crippen LogP contribution in [0.2, 0.25) is 5.02 Å². The molecule has 10 nitrogen and oxygen atoms in total. The van der Waals surface area contributed by atoms with Gasteiger partial charge in [-0.15, -0.1) is 10.2 Å². The molecular weight excluding hydrogens is 524 g/mol. The van der Waals surface area contributed by atoms with Gasteiger partial charge in [0.15, 0.2) is 4.34 Å². The van der Waals surface area contributed by atoms with Gasteiger partial charge in [-0.05, 0) is 31.2 Å². The molecule has 0 saturated heterocycles. The van der Waals surface area contributed by atoms with Crippen molar-refractivity contribution in [1.82, 2.24) is 15.4 Å². The van der Waals surface area contributed by atoms with Gasteiger partial charge in [0.2, 0.25) is 16.9 Å². The quantitative estimate of drug-likeness (QED) is 0.206. The van der Waals surface area contributed by atoms with Crippen LogP contribution in [0.4, 0.5) is 16.5 Å². The zero-order chi connectivity index (χ0) is 25.7. The smallest absolute Gasteiger partial charge is 0.263 e. The molecule has 0 aliphatic rings. The summed E-state index contributed by atoms with van der Waals surface area (Å²) in [6.07, 6.45) is 0. The Kier molecular flexibility index (Phi) is 7.98. The van der Waals surface area contributed by atoms with Gasteiger partial charge in [-0.2, -0.15) is 0 Å². The minimum absolute atomic E-state index is 0.0777. The molecule has 0 aliphatic carbocycles. The molecule has 184 valence electrons. The number of hydrogen-bond donors (Lipinski definition) is 3. The fraction of sp³-hybridized carbons (Fsp3) is 0.130. The second-order valence-corrected chi connectivity index (χ2v) is 9.98. The molecule has 36 heavy (non-hydrogen) atoms. The SMILES string of the molecule is CC(=O)Nc1cccc(NC(=O)CSc2nnc(NC(=O)c3c(-c4ccccc4Cl)noc3C)s2)c1. The Morgan fingerprint density at radius 2 is 1.78 bits per heavy atom. The topological polar surface area (TPSA) is 139 Å². The summed E-state index contributed by atoms with van der Waals surface area (Å²) in [7, 11) is 0. The summed E-state index contributed by atoms with van der Waals surface area (Å²) in [5.74, 6) is -0.513. The summed E-state index contributed by atoms with van der Waals surface area (Å²) >= 11 is 8.57. The number of aryl methyl sites for hydroxylation is 1. The van der Waals surface area contributed by atoms with Crippen LogP contribution in [-0.4, -0.2) is 38.8 Å². The summed E-state index contributed by atoms with van der Waals surface area (Å²) in [6.45, 7) is 3.04. The third-order valence-corrected chi connectivity index (χ3v) is 6.94. The van der Waals surface area contributed by atoms with Crippen molar-refractivity contribution in [2.45, 2.75) is 18.2 Å². The fourth-order valence-corrected chi connectivity index (χ4v) is 4.93. The summed E-state index contributed by atoms with van der Waals surface area (Å²) in [4.78, 5) is 36.5.